The highest BCUT2D eigenvalue weighted by atomic mass is 16.3. The van der Waals surface area contributed by atoms with E-state index in [1.54, 1.807) is 24.0 Å². The van der Waals surface area contributed by atoms with Crippen LogP contribution in [-0.2, 0) is 11.8 Å². The number of benzene rings is 1. The smallest absolute Gasteiger partial charge is 0.262 e. The molecule has 0 unspecified atom stereocenters. The number of para-hydroxylation sites is 1. The van der Waals surface area contributed by atoms with Gasteiger partial charge in [0.1, 0.15) is 22.9 Å². The third kappa shape index (κ3) is 3.35. The number of rotatable bonds is 5. The Morgan fingerprint density at radius 2 is 2.28 bits per heavy atom. The van der Waals surface area contributed by atoms with Gasteiger partial charge in [-0.2, -0.15) is 10.4 Å². The third-order valence-electron chi connectivity index (χ3n) is 3.59. The van der Waals surface area contributed by atoms with Gasteiger partial charge in [-0.25, -0.2) is 0 Å². The molecule has 0 atom stereocenters. The number of carbonyl (C=O) groups is 1. The molecule has 2 heterocycles. The fraction of sp³-hybridized carbons (Fsp3) is 0.105. The largest absolute Gasteiger partial charge is 0.454 e. The maximum absolute atomic E-state index is 12.0. The Labute approximate surface area is 144 Å². The van der Waals surface area contributed by atoms with Gasteiger partial charge in [-0.1, -0.05) is 24.3 Å². The molecular weight excluding hydrogens is 316 g/mol. The lowest BCUT2D eigenvalue weighted by Gasteiger charge is -2.00. The Balaban J connectivity index is 2.03. The van der Waals surface area contributed by atoms with Gasteiger partial charge in [0.05, 0.1) is 0 Å². The molecule has 3 rings (SSSR count). The minimum Gasteiger partial charge on any atom is -0.454 e. The normalized spacial score (nSPS) is 11.3. The number of hydrogen-bond acceptors (Lipinski definition) is 4. The fourth-order valence-corrected chi connectivity index (χ4v) is 2.47. The number of furan rings is 1. The van der Waals surface area contributed by atoms with E-state index in [9.17, 15) is 10.1 Å². The molecule has 1 N–H and O–H groups in total. The molecule has 6 heteroatoms. The van der Waals surface area contributed by atoms with Crippen LogP contribution in [0.2, 0.25) is 0 Å². The second-order valence-electron chi connectivity index (χ2n) is 5.42. The van der Waals surface area contributed by atoms with Gasteiger partial charge in [0.2, 0.25) is 0 Å². The number of nitriles is 1. The van der Waals surface area contributed by atoms with Crippen molar-refractivity contribution in [2.45, 2.75) is 0 Å². The summed E-state index contributed by atoms with van der Waals surface area (Å²) in [5.74, 6) is 0.124. The van der Waals surface area contributed by atoms with Gasteiger partial charge in [0.25, 0.3) is 5.91 Å². The van der Waals surface area contributed by atoms with E-state index in [-0.39, 0.29) is 5.57 Å². The molecule has 124 valence electrons. The minimum absolute atomic E-state index is 0.00721. The van der Waals surface area contributed by atoms with Crippen molar-refractivity contribution in [3.63, 3.8) is 0 Å². The Morgan fingerprint density at radius 1 is 1.48 bits per heavy atom. The van der Waals surface area contributed by atoms with Gasteiger partial charge in [-0.05, 0) is 18.2 Å². The van der Waals surface area contributed by atoms with Crippen LogP contribution < -0.4 is 5.32 Å². The van der Waals surface area contributed by atoms with Gasteiger partial charge in [0.15, 0.2) is 5.76 Å². The summed E-state index contributed by atoms with van der Waals surface area (Å²) in [5, 5.41) is 17.2. The van der Waals surface area contributed by atoms with Crippen molar-refractivity contribution < 1.29 is 9.21 Å². The highest BCUT2D eigenvalue weighted by Crippen LogP contribution is 2.29. The van der Waals surface area contributed by atoms with Crippen molar-refractivity contribution in [2.24, 2.45) is 7.05 Å². The lowest BCUT2D eigenvalue weighted by Crippen LogP contribution is -2.24. The first-order valence-electron chi connectivity index (χ1n) is 7.66. The molecule has 6 nitrogen and oxygen atoms in total. The number of carbonyl (C=O) groups excluding carboxylic acids is 1. The predicted octanol–water partition coefficient (Wildman–Crippen LogP) is 3.04. The number of aryl methyl sites for hydroxylation is 1. The second kappa shape index (κ2) is 6.89. The molecule has 2 aromatic heterocycles. The summed E-state index contributed by atoms with van der Waals surface area (Å²) < 4.78 is 7.46. The minimum atomic E-state index is -0.457. The van der Waals surface area contributed by atoms with Crippen LogP contribution in [0.1, 0.15) is 5.56 Å². The number of aromatic nitrogens is 2. The second-order valence-corrected chi connectivity index (χ2v) is 5.42. The third-order valence-corrected chi connectivity index (χ3v) is 3.59. The molecule has 0 bridgehead atoms. The summed E-state index contributed by atoms with van der Waals surface area (Å²) in [4.78, 5) is 12.0. The molecule has 0 saturated heterocycles. The Morgan fingerprint density at radius 3 is 3.00 bits per heavy atom. The van der Waals surface area contributed by atoms with E-state index in [1.807, 2.05) is 36.4 Å². The predicted molar refractivity (Wildman–Crippen MR) is 95.2 cm³/mol. The monoisotopic (exact) mass is 332 g/mol. The molecule has 25 heavy (non-hydrogen) atoms. The number of fused-ring (bicyclic) bond motifs is 1. The maximum atomic E-state index is 12.0. The average molecular weight is 332 g/mol. The van der Waals surface area contributed by atoms with Gasteiger partial charge in [0, 0.05) is 30.7 Å². The molecule has 0 spiro atoms. The molecule has 1 aromatic carbocycles. The van der Waals surface area contributed by atoms with Crippen molar-refractivity contribution in [3.05, 3.63) is 60.3 Å². The standard InChI is InChI=1S/C19H16N4O2/c1-3-8-21-19(24)14(11-20)9-15-12-23(2)22-18(15)17-10-13-6-4-5-7-16(13)25-17/h3-7,9-10,12H,1,8H2,2H3,(H,21,24). The summed E-state index contributed by atoms with van der Waals surface area (Å²) in [6, 6.07) is 11.5. The molecule has 0 aliphatic heterocycles. The molecular formula is C19H16N4O2. The van der Waals surface area contributed by atoms with Crippen LogP contribution in [0.5, 0.6) is 0 Å². The molecule has 0 saturated carbocycles. The van der Waals surface area contributed by atoms with E-state index in [0.29, 0.717) is 23.6 Å². The Bertz CT molecular complexity index is 985. The summed E-state index contributed by atoms with van der Waals surface area (Å²) in [5.41, 5.74) is 1.95. The Kier molecular flexibility index (Phi) is 4.48. The molecule has 0 radical (unpaired) electrons. The van der Waals surface area contributed by atoms with Crippen LogP contribution in [0.3, 0.4) is 0 Å². The van der Waals surface area contributed by atoms with Crippen LogP contribution in [0.25, 0.3) is 28.5 Å². The summed E-state index contributed by atoms with van der Waals surface area (Å²) >= 11 is 0. The molecule has 3 aromatic rings. The maximum Gasteiger partial charge on any atom is 0.262 e. The van der Waals surface area contributed by atoms with Crippen LogP contribution in [0.15, 0.2) is 59.2 Å². The van der Waals surface area contributed by atoms with Crippen LogP contribution in [0.4, 0.5) is 0 Å². The number of nitrogens with one attached hydrogen (secondary N) is 1. The van der Waals surface area contributed by atoms with E-state index in [4.69, 9.17) is 4.42 Å². The van der Waals surface area contributed by atoms with Crippen LogP contribution in [0, 0.1) is 11.3 Å². The van der Waals surface area contributed by atoms with Crippen LogP contribution >= 0.6 is 0 Å². The number of hydrogen-bond donors (Lipinski definition) is 1. The zero-order chi connectivity index (χ0) is 17.8. The quantitative estimate of drug-likeness (QED) is 0.442. The summed E-state index contributed by atoms with van der Waals surface area (Å²) in [6.07, 6.45) is 4.80. The first-order chi connectivity index (χ1) is 12.1. The van der Waals surface area contributed by atoms with Crippen molar-refractivity contribution in [1.29, 1.82) is 5.26 Å². The zero-order valence-electron chi connectivity index (χ0n) is 13.7. The van der Waals surface area contributed by atoms with Crippen molar-refractivity contribution in [1.82, 2.24) is 15.1 Å². The van der Waals surface area contributed by atoms with Gasteiger partial charge in [-0.3, -0.25) is 9.48 Å². The lowest BCUT2D eigenvalue weighted by molar-refractivity contribution is -0.116. The Hall–Kier alpha value is -3.59. The van der Waals surface area contributed by atoms with Gasteiger partial charge in [-0.15, -0.1) is 6.58 Å². The van der Waals surface area contributed by atoms with E-state index in [1.165, 1.54) is 6.08 Å². The highest BCUT2D eigenvalue weighted by molar-refractivity contribution is 6.02. The highest BCUT2D eigenvalue weighted by Gasteiger charge is 2.16. The van der Waals surface area contributed by atoms with E-state index >= 15 is 0 Å². The molecule has 0 aliphatic rings. The van der Waals surface area contributed by atoms with E-state index in [0.717, 1.165) is 11.0 Å². The number of nitrogens with zero attached hydrogens (tertiary/aromatic N) is 3. The first kappa shape index (κ1) is 16.3. The topological polar surface area (TPSA) is 83.9 Å². The molecule has 0 aliphatic carbocycles. The van der Waals surface area contributed by atoms with Crippen molar-refractivity contribution in [2.75, 3.05) is 6.54 Å². The first-order valence-corrected chi connectivity index (χ1v) is 7.66. The van der Waals surface area contributed by atoms with Crippen LogP contribution in [-0.4, -0.2) is 22.2 Å². The van der Waals surface area contributed by atoms with Crippen molar-refractivity contribution in [3.8, 4) is 17.5 Å². The van der Waals surface area contributed by atoms with Gasteiger partial charge < -0.3 is 9.73 Å². The molecule has 0 fully saturated rings. The summed E-state index contributed by atoms with van der Waals surface area (Å²) in [6.45, 7) is 3.83. The average Bonchev–Trinajstić information content (AvgIpc) is 3.20. The van der Waals surface area contributed by atoms with Gasteiger partial charge >= 0.3 is 0 Å². The van der Waals surface area contributed by atoms with E-state index < -0.39 is 5.91 Å². The SMILES string of the molecule is C=CCNC(=O)C(C#N)=Cc1cn(C)nc1-c1cc2ccccc2o1. The fourth-order valence-electron chi connectivity index (χ4n) is 2.47. The lowest BCUT2D eigenvalue weighted by atomic mass is 10.1. The zero-order valence-corrected chi connectivity index (χ0v) is 13.7. The van der Waals surface area contributed by atoms with E-state index in [2.05, 4.69) is 17.0 Å². The number of amides is 1. The van der Waals surface area contributed by atoms with Crippen molar-refractivity contribution >= 4 is 23.0 Å². The molecule has 1 amide bonds. The summed E-state index contributed by atoms with van der Waals surface area (Å²) in [7, 11) is 1.77.